The Morgan fingerprint density at radius 1 is 1.14 bits per heavy atom. The smallest absolute Gasteiger partial charge is 0.191 e. The summed E-state index contributed by atoms with van der Waals surface area (Å²) in [4.78, 5) is 12.9. The van der Waals surface area contributed by atoms with Gasteiger partial charge in [-0.1, -0.05) is 39.0 Å². The molecule has 0 radical (unpaired) electrons. The molecular formula is C22H35N5OS. The zero-order valence-corrected chi connectivity index (χ0v) is 19.0. The Balaban J connectivity index is 1.95. The Morgan fingerprint density at radius 3 is 2.62 bits per heavy atom. The van der Waals surface area contributed by atoms with Crippen molar-refractivity contribution in [2.45, 2.75) is 47.2 Å². The minimum absolute atomic E-state index is 0.564. The number of thiazole rings is 1. The summed E-state index contributed by atoms with van der Waals surface area (Å²) in [5.41, 5.74) is 1.09. The molecule has 0 spiro atoms. The molecule has 29 heavy (non-hydrogen) atoms. The lowest BCUT2D eigenvalue weighted by Crippen LogP contribution is -2.36. The van der Waals surface area contributed by atoms with Crippen LogP contribution in [0.5, 0.6) is 5.75 Å². The van der Waals surface area contributed by atoms with E-state index < -0.39 is 0 Å². The number of para-hydroxylation sites is 1. The second-order valence-corrected chi connectivity index (χ2v) is 7.81. The van der Waals surface area contributed by atoms with E-state index >= 15 is 0 Å². The molecule has 0 atom stereocenters. The number of aryl methyl sites for hydroxylation is 1. The van der Waals surface area contributed by atoms with Crippen molar-refractivity contribution in [3.8, 4) is 5.75 Å². The van der Waals surface area contributed by atoms with Crippen LogP contribution in [-0.2, 0) is 19.5 Å². The lowest BCUT2D eigenvalue weighted by atomic mass is 10.2. The molecular weight excluding hydrogens is 382 g/mol. The highest BCUT2D eigenvalue weighted by Gasteiger charge is 2.06. The lowest BCUT2D eigenvalue weighted by Gasteiger charge is -2.18. The molecule has 0 bridgehead atoms. The number of aliphatic imine (C=N–C) groups is 1. The molecule has 0 saturated heterocycles. The molecule has 0 aliphatic heterocycles. The van der Waals surface area contributed by atoms with E-state index in [1.165, 1.54) is 4.88 Å². The number of benzene rings is 1. The first-order valence-electron chi connectivity index (χ1n) is 10.6. The fourth-order valence-corrected chi connectivity index (χ4v) is 3.66. The van der Waals surface area contributed by atoms with Crippen molar-refractivity contribution in [2.75, 3.05) is 32.8 Å². The first-order chi connectivity index (χ1) is 14.2. The van der Waals surface area contributed by atoms with Gasteiger partial charge in [0.15, 0.2) is 5.96 Å². The summed E-state index contributed by atoms with van der Waals surface area (Å²) in [6.45, 7) is 14.3. The third kappa shape index (κ3) is 8.03. The molecule has 0 aliphatic rings. The van der Waals surface area contributed by atoms with Crippen LogP contribution in [0.25, 0.3) is 0 Å². The van der Waals surface area contributed by atoms with Crippen LogP contribution < -0.4 is 15.4 Å². The molecule has 1 heterocycles. The van der Waals surface area contributed by atoms with Crippen LogP contribution in [-0.4, -0.2) is 48.6 Å². The van der Waals surface area contributed by atoms with Crippen molar-refractivity contribution in [3.05, 3.63) is 45.9 Å². The van der Waals surface area contributed by atoms with Gasteiger partial charge in [0, 0.05) is 29.7 Å². The van der Waals surface area contributed by atoms with E-state index in [-0.39, 0.29) is 0 Å². The molecule has 0 aliphatic carbocycles. The minimum Gasteiger partial charge on any atom is -0.492 e. The molecule has 0 saturated carbocycles. The Bertz CT molecular complexity index is 742. The molecule has 7 heteroatoms. The molecule has 2 N–H and O–H groups in total. The van der Waals surface area contributed by atoms with Gasteiger partial charge in [0.05, 0.1) is 13.1 Å². The Kier molecular flexibility index (Phi) is 10.5. The highest BCUT2D eigenvalue weighted by atomic mass is 32.1. The van der Waals surface area contributed by atoms with Crippen LogP contribution in [0.2, 0.25) is 0 Å². The van der Waals surface area contributed by atoms with E-state index in [0.717, 1.165) is 54.9 Å². The summed E-state index contributed by atoms with van der Waals surface area (Å²) < 4.78 is 6.05. The van der Waals surface area contributed by atoms with Crippen molar-refractivity contribution in [3.63, 3.8) is 0 Å². The second-order valence-electron chi connectivity index (χ2n) is 6.61. The topological polar surface area (TPSA) is 61.8 Å². The molecule has 0 unspecified atom stereocenters. The van der Waals surface area contributed by atoms with Gasteiger partial charge < -0.3 is 20.3 Å². The maximum Gasteiger partial charge on any atom is 0.191 e. The summed E-state index contributed by atoms with van der Waals surface area (Å²) in [6.07, 6.45) is 2.98. The van der Waals surface area contributed by atoms with E-state index in [2.05, 4.69) is 54.3 Å². The number of likely N-dealkylation sites (N-methyl/N-ethyl adjacent to an activating group) is 1. The maximum atomic E-state index is 6.05. The fourth-order valence-electron chi connectivity index (χ4n) is 2.86. The van der Waals surface area contributed by atoms with Crippen LogP contribution in [0.1, 0.15) is 43.1 Å². The third-order valence-electron chi connectivity index (χ3n) is 4.64. The van der Waals surface area contributed by atoms with Crippen molar-refractivity contribution >= 4 is 17.3 Å². The number of nitrogens with zero attached hydrogens (tertiary/aromatic N) is 3. The summed E-state index contributed by atoms with van der Waals surface area (Å²) in [5, 5.41) is 7.76. The molecule has 1 aromatic heterocycles. The monoisotopic (exact) mass is 417 g/mol. The minimum atomic E-state index is 0.564. The predicted molar refractivity (Wildman–Crippen MR) is 123 cm³/mol. The van der Waals surface area contributed by atoms with Gasteiger partial charge in [-0.05, 0) is 32.5 Å². The summed E-state index contributed by atoms with van der Waals surface area (Å²) >= 11 is 1.74. The van der Waals surface area contributed by atoms with E-state index in [4.69, 9.17) is 9.73 Å². The number of guanidine groups is 1. The molecule has 0 fully saturated rings. The van der Waals surface area contributed by atoms with Crippen LogP contribution in [0, 0.1) is 0 Å². The van der Waals surface area contributed by atoms with Crippen molar-refractivity contribution in [1.29, 1.82) is 0 Å². The van der Waals surface area contributed by atoms with Crippen LogP contribution in [0.15, 0.2) is 35.5 Å². The van der Waals surface area contributed by atoms with Gasteiger partial charge in [-0.2, -0.15) is 0 Å². The molecule has 0 amide bonds. The van der Waals surface area contributed by atoms with E-state index in [9.17, 15) is 0 Å². The lowest BCUT2D eigenvalue weighted by molar-refractivity contribution is 0.221. The molecule has 1 aromatic carbocycles. The Hall–Kier alpha value is -2.12. The quantitative estimate of drug-likeness (QED) is 0.407. The van der Waals surface area contributed by atoms with Gasteiger partial charge in [0.25, 0.3) is 0 Å². The first-order valence-corrected chi connectivity index (χ1v) is 11.4. The van der Waals surface area contributed by atoms with Gasteiger partial charge in [0.2, 0.25) is 0 Å². The Morgan fingerprint density at radius 2 is 1.93 bits per heavy atom. The van der Waals surface area contributed by atoms with Gasteiger partial charge in [-0.3, -0.25) is 0 Å². The number of hydrogen-bond donors (Lipinski definition) is 2. The average molecular weight is 418 g/mol. The van der Waals surface area contributed by atoms with Crippen molar-refractivity contribution in [2.24, 2.45) is 4.99 Å². The first kappa shape index (κ1) is 23.2. The number of aromatic nitrogens is 1. The highest BCUT2D eigenvalue weighted by molar-refractivity contribution is 7.11. The van der Waals surface area contributed by atoms with Crippen molar-refractivity contribution in [1.82, 2.24) is 20.5 Å². The molecule has 2 aromatic rings. The maximum absolute atomic E-state index is 6.05. The SMILES string of the molecule is CCNC(=NCc1ccccc1OCCN(CC)CC)NCc1ncc(CC)s1. The summed E-state index contributed by atoms with van der Waals surface area (Å²) in [6, 6.07) is 8.14. The van der Waals surface area contributed by atoms with E-state index in [0.29, 0.717) is 19.7 Å². The molecule has 6 nitrogen and oxygen atoms in total. The predicted octanol–water partition coefficient (Wildman–Crippen LogP) is 3.68. The molecule has 160 valence electrons. The third-order valence-corrected chi connectivity index (χ3v) is 5.78. The number of nitrogens with one attached hydrogen (secondary N) is 2. The van der Waals surface area contributed by atoms with Crippen molar-refractivity contribution < 1.29 is 4.74 Å². The standard InChI is InChI=1S/C22H35N5OS/c1-5-19-16-24-21(29-19)17-26-22(23-6-2)25-15-18-11-9-10-12-20(18)28-14-13-27(7-3)8-4/h9-12,16H,5-8,13-15,17H2,1-4H3,(H2,23,25,26). The average Bonchev–Trinajstić information content (AvgIpc) is 3.22. The highest BCUT2D eigenvalue weighted by Crippen LogP contribution is 2.19. The van der Waals surface area contributed by atoms with E-state index in [1.54, 1.807) is 11.3 Å². The van der Waals surface area contributed by atoms with Gasteiger partial charge in [-0.15, -0.1) is 11.3 Å². The zero-order valence-electron chi connectivity index (χ0n) is 18.2. The Labute approximate surface area is 179 Å². The van der Waals surface area contributed by atoms with Crippen LogP contribution >= 0.6 is 11.3 Å². The second kappa shape index (κ2) is 13.2. The number of rotatable bonds is 12. The largest absolute Gasteiger partial charge is 0.492 e. The zero-order chi connectivity index (χ0) is 20.9. The van der Waals surface area contributed by atoms with Gasteiger partial charge in [-0.25, -0.2) is 9.98 Å². The number of hydrogen-bond acceptors (Lipinski definition) is 5. The van der Waals surface area contributed by atoms with Gasteiger partial charge >= 0.3 is 0 Å². The van der Waals surface area contributed by atoms with Crippen LogP contribution in [0.4, 0.5) is 0 Å². The number of ether oxygens (including phenoxy) is 1. The molecule has 2 rings (SSSR count). The van der Waals surface area contributed by atoms with E-state index in [1.807, 2.05) is 24.4 Å². The van der Waals surface area contributed by atoms with Crippen LogP contribution in [0.3, 0.4) is 0 Å². The fraction of sp³-hybridized carbons (Fsp3) is 0.545. The summed E-state index contributed by atoms with van der Waals surface area (Å²) in [5.74, 6) is 1.70. The normalized spacial score (nSPS) is 11.7. The van der Waals surface area contributed by atoms with Gasteiger partial charge in [0.1, 0.15) is 17.4 Å². The summed E-state index contributed by atoms with van der Waals surface area (Å²) in [7, 11) is 0.